The molecule has 0 bridgehead atoms. The molecule has 1 amide bonds. The van der Waals surface area contributed by atoms with Crippen LogP contribution >= 0.6 is 15.9 Å². The van der Waals surface area contributed by atoms with Crippen molar-refractivity contribution in [3.63, 3.8) is 0 Å². The Morgan fingerprint density at radius 1 is 1.27 bits per heavy atom. The molecule has 1 aromatic heterocycles. The molecule has 0 fully saturated rings. The monoisotopic (exact) mass is 362 g/mol. The van der Waals surface area contributed by atoms with Gasteiger partial charge in [-0.15, -0.1) is 0 Å². The maximum Gasteiger partial charge on any atom is 0.226 e. The Labute approximate surface area is 138 Å². The number of benzene rings is 1. The predicted octanol–water partition coefficient (Wildman–Crippen LogP) is 3.61. The second-order valence-electron chi connectivity index (χ2n) is 5.13. The van der Waals surface area contributed by atoms with E-state index in [2.05, 4.69) is 36.5 Å². The van der Waals surface area contributed by atoms with Crippen molar-refractivity contribution in [3.8, 4) is 0 Å². The lowest BCUT2D eigenvalue weighted by Crippen LogP contribution is -2.17. The van der Waals surface area contributed by atoms with Crippen LogP contribution in [0.2, 0.25) is 0 Å². The van der Waals surface area contributed by atoms with Gasteiger partial charge in [-0.25, -0.2) is 4.98 Å². The summed E-state index contributed by atoms with van der Waals surface area (Å²) in [5.41, 5.74) is 3.54. The smallest absolute Gasteiger partial charge is 0.226 e. The quantitative estimate of drug-likeness (QED) is 0.852. The molecule has 2 rings (SSSR count). The van der Waals surface area contributed by atoms with Crippen molar-refractivity contribution in [1.29, 1.82) is 0 Å². The van der Waals surface area contributed by atoms with E-state index >= 15 is 0 Å². The van der Waals surface area contributed by atoms with Gasteiger partial charge in [0, 0.05) is 29.3 Å². The van der Waals surface area contributed by atoms with Gasteiger partial charge >= 0.3 is 0 Å². The summed E-state index contributed by atoms with van der Waals surface area (Å²) >= 11 is 3.41. The van der Waals surface area contributed by atoms with Crippen LogP contribution in [0.5, 0.6) is 0 Å². The first-order valence-electron chi connectivity index (χ1n) is 7.06. The zero-order valence-corrected chi connectivity index (χ0v) is 14.5. The van der Waals surface area contributed by atoms with E-state index in [1.54, 1.807) is 6.20 Å². The van der Waals surface area contributed by atoms with E-state index in [0.717, 1.165) is 32.9 Å². The molecule has 1 aromatic carbocycles. The first kappa shape index (κ1) is 16.4. The fourth-order valence-electron chi connectivity index (χ4n) is 1.98. The molecule has 0 aliphatic heterocycles. The van der Waals surface area contributed by atoms with Crippen LogP contribution < -0.4 is 10.6 Å². The average molecular weight is 363 g/mol. The third kappa shape index (κ3) is 4.53. The summed E-state index contributed by atoms with van der Waals surface area (Å²) < 4.78 is 0.998. The van der Waals surface area contributed by atoms with Gasteiger partial charge in [0.15, 0.2) is 0 Å². The van der Waals surface area contributed by atoms with Crippen molar-refractivity contribution in [2.24, 2.45) is 0 Å². The molecule has 0 radical (unpaired) electrons. The normalized spacial score (nSPS) is 10.4. The number of rotatable bonds is 5. The number of nitrogens with zero attached hydrogens (tertiary/aromatic N) is 2. The Hall–Kier alpha value is -1.95. The van der Waals surface area contributed by atoms with Crippen molar-refractivity contribution < 1.29 is 4.79 Å². The molecule has 22 heavy (non-hydrogen) atoms. The highest BCUT2D eigenvalue weighted by molar-refractivity contribution is 9.10. The zero-order valence-electron chi connectivity index (χ0n) is 12.9. The van der Waals surface area contributed by atoms with Crippen LogP contribution in [0.25, 0.3) is 0 Å². The van der Waals surface area contributed by atoms with Gasteiger partial charge in [0.2, 0.25) is 5.91 Å². The van der Waals surface area contributed by atoms with Crippen LogP contribution in [0.15, 0.2) is 28.9 Å². The lowest BCUT2D eigenvalue weighted by molar-refractivity contribution is -0.115. The van der Waals surface area contributed by atoms with Gasteiger partial charge in [-0.3, -0.25) is 9.78 Å². The Morgan fingerprint density at radius 2 is 2.05 bits per heavy atom. The molecule has 0 unspecified atom stereocenters. The summed E-state index contributed by atoms with van der Waals surface area (Å²) in [5.74, 6) is 0.698. The number of aromatic nitrogens is 2. The van der Waals surface area contributed by atoms with Crippen molar-refractivity contribution in [1.82, 2.24) is 9.97 Å². The minimum Gasteiger partial charge on any atom is -0.368 e. The number of carbonyl (C=O) groups excluding carboxylic acids is 1. The molecule has 0 aliphatic rings. The molecular formula is C16H19BrN4O. The van der Waals surface area contributed by atoms with E-state index in [9.17, 15) is 4.79 Å². The van der Waals surface area contributed by atoms with Crippen molar-refractivity contribution in [3.05, 3.63) is 45.8 Å². The minimum absolute atomic E-state index is 0.0313. The Kier molecular flexibility index (Phi) is 5.49. The van der Waals surface area contributed by atoms with Gasteiger partial charge in [-0.1, -0.05) is 15.9 Å². The fourth-order valence-corrected chi connectivity index (χ4v) is 2.45. The minimum atomic E-state index is -0.0313. The fraction of sp³-hybridized carbons (Fsp3) is 0.312. The highest BCUT2D eigenvalue weighted by atomic mass is 79.9. The van der Waals surface area contributed by atoms with Gasteiger partial charge in [0.25, 0.3) is 0 Å². The topological polar surface area (TPSA) is 66.9 Å². The molecule has 5 nitrogen and oxygen atoms in total. The first-order valence-corrected chi connectivity index (χ1v) is 7.85. The van der Waals surface area contributed by atoms with Gasteiger partial charge in [0.05, 0.1) is 11.4 Å². The molecule has 0 atom stereocenters. The first-order chi connectivity index (χ1) is 10.5. The summed E-state index contributed by atoms with van der Waals surface area (Å²) in [6.45, 7) is 6.26. The van der Waals surface area contributed by atoms with Crippen LogP contribution in [0, 0.1) is 20.8 Å². The molecule has 2 N–H and O–H groups in total. The molecule has 116 valence electrons. The number of aryl methyl sites for hydroxylation is 3. The lowest BCUT2D eigenvalue weighted by Gasteiger charge is -2.10. The second kappa shape index (κ2) is 7.35. The molecule has 0 saturated heterocycles. The summed E-state index contributed by atoms with van der Waals surface area (Å²) in [4.78, 5) is 20.6. The third-order valence-corrected chi connectivity index (χ3v) is 3.68. The molecule has 0 spiro atoms. The molecule has 0 aliphatic carbocycles. The number of hydrogen-bond acceptors (Lipinski definition) is 4. The largest absolute Gasteiger partial charge is 0.368 e. The molecule has 0 saturated carbocycles. The highest BCUT2D eigenvalue weighted by Gasteiger charge is 2.06. The van der Waals surface area contributed by atoms with E-state index in [0.29, 0.717) is 13.0 Å². The average Bonchev–Trinajstić information content (AvgIpc) is 2.46. The summed E-state index contributed by atoms with van der Waals surface area (Å²) in [5, 5.41) is 6.07. The molecule has 2 aromatic rings. The maximum absolute atomic E-state index is 12.0. The summed E-state index contributed by atoms with van der Waals surface area (Å²) in [7, 11) is 0. The van der Waals surface area contributed by atoms with Crippen LogP contribution in [-0.4, -0.2) is 22.4 Å². The number of halogens is 1. The van der Waals surface area contributed by atoms with Crippen LogP contribution in [0.3, 0.4) is 0 Å². The second-order valence-corrected chi connectivity index (χ2v) is 6.05. The number of carbonyl (C=O) groups is 1. The van der Waals surface area contributed by atoms with Gasteiger partial charge in [-0.2, -0.15) is 0 Å². The van der Waals surface area contributed by atoms with Crippen LogP contribution in [-0.2, 0) is 4.79 Å². The standard InChI is InChI=1S/C16H19BrN4O/c1-10-8-13(17)4-5-14(10)21-15(22)6-7-18-16-12(3)19-9-11(2)20-16/h4-5,8-9H,6-7H2,1-3H3,(H,18,20)(H,21,22). The van der Waals surface area contributed by atoms with E-state index in [1.165, 1.54) is 0 Å². The van der Waals surface area contributed by atoms with E-state index < -0.39 is 0 Å². The van der Waals surface area contributed by atoms with Gasteiger partial charge in [-0.05, 0) is 44.5 Å². The third-order valence-electron chi connectivity index (χ3n) is 3.18. The van der Waals surface area contributed by atoms with Crippen molar-refractivity contribution >= 4 is 33.3 Å². The Bertz CT molecular complexity index is 688. The number of anilines is 2. The van der Waals surface area contributed by atoms with Gasteiger partial charge < -0.3 is 10.6 Å². The summed E-state index contributed by atoms with van der Waals surface area (Å²) in [6, 6.07) is 5.77. The predicted molar refractivity (Wildman–Crippen MR) is 92.1 cm³/mol. The van der Waals surface area contributed by atoms with Crippen LogP contribution in [0.4, 0.5) is 11.5 Å². The molecule has 6 heteroatoms. The molecule has 1 heterocycles. The van der Waals surface area contributed by atoms with Gasteiger partial charge in [0.1, 0.15) is 5.82 Å². The zero-order chi connectivity index (χ0) is 16.1. The lowest BCUT2D eigenvalue weighted by atomic mass is 10.2. The number of amides is 1. The number of nitrogens with one attached hydrogen (secondary N) is 2. The summed E-state index contributed by atoms with van der Waals surface area (Å²) in [6.07, 6.45) is 2.09. The highest BCUT2D eigenvalue weighted by Crippen LogP contribution is 2.20. The number of hydrogen-bond donors (Lipinski definition) is 2. The van der Waals surface area contributed by atoms with E-state index in [-0.39, 0.29) is 5.91 Å². The Balaban J connectivity index is 1.86. The Morgan fingerprint density at radius 3 is 2.77 bits per heavy atom. The maximum atomic E-state index is 12.0. The van der Waals surface area contributed by atoms with E-state index in [1.807, 2.05) is 39.0 Å². The SMILES string of the molecule is Cc1cnc(C)c(NCCC(=O)Nc2ccc(Br)cc2C)n1. The van der Waals surface area contributed by atoms with E-state index in [4.69, 9.17) is 0 Å². The van der Waals surface area contributed by atoms with Crippen molar-refractivity contribution in [2.45, 2.75) is 27.2 Å². The molecular weight excluding hydrogens is 344 g/mol. The van der Waals surface area contributed by atoms with Crippen molar-refractivity contribution in [2.75, 3.05) is 17.2 Å². The van der Waals surface area contributed by atoms with Crippen LogP contribution in [0.1, 0.15) is 23.4 Å².